The zero-order chi connectivity index (χ0) is 18.0. The van der Waals surface area contributed by atoms with Gasteiger partial charge in [0.25, 0.3) is 0 Å². The zero-order valence-electron chi connectivity index (χ0n) is 16.3. The van der Waals surface area contributed by atoms with Crippen LogP contribution in [0.3, 0.4) is 0 Å². The molecule has 143 valence electrons. The summed E-state index contributed by atoms with van der Waals surface area (Å²) in [6.07, 6.45) is 11.6. The first-order chi connectivity index (χ1) is 11.6. The number of aliphatic carboxylic acids is 1. The van der Waals surface area contributed by atoms with Crippen molar-refractivity contribution >= 4 is 63.3 Å². The quantitative estimate of drug-likeness (QED) is 0.264. The standard InChI is InChI=1S/C18H36N2O4.K/c1-2-3-4-5-6-7-8-9-10-11-17(22)19-12-13-20(14-15-21)16-18(23)24;/h21H,2-16H2,1H3,(H,19,22)(H,23,24);. The summed E-state index contributed by atoms with van der Waals surface area (Å²) in [4.78, 5) is 24.0. The first-order valence-electron chi connectivity index (χ1n) is 9.41. The Kier molecular flexibility index (Phi) is 23.1. The van der Waals surface area contributed by atoms with Gasteiger partial charge in [0, 0.05) is 77.4 Å². The summed E-state index contributed by atoms with van der Waals surface area (Å²) >= 11 is 0. The van der Waals surface area contributed by atoms with Gasteiger partial charge in [0.1, 0.15) is 0 Å². The SMILES string of the molecule is CCCCCCCCCCCC(=O)NCCN(CCO)CC(=O)O.[K]. The van der Waals surface area contributed by atoms with Crippen LogP contribution in [0.1, 0.15) is 71.1 Å². The van der Waals surface area contributed by atoms with Gasteiger partial charge in [-0.1, -0.05) is 58.3 Å². The van der Waals surface area contributed by atoms with Crippen LogP contribution in [0.4, 0.5) is 0 Å². The molecule has 1 amide bonds. The summed E-state index contributed by atoms with van der Waals surface area (Å²) in [5.74, 6) is -0.901. The average molecular weight is 384 g/mol. The number of unbranched alkanes of at least 4 members (excludes halogenated alkanes) is 8. The van der Waals surface area contributed by atoms with E-state index in [1.807, 2.05) is 0 Å². The van der Waals surface area contributed by atoms with E-state index in [0.717, 1.165) is 12.8 Å². The number of hydrogen-bond acceptors (Lipinski definition) is 4. The Labute approximate surface area is 195 Å². The van der Waals surface area contributed by atoms with Gasteiger partial charge in [0.15, 0.2) is 0 Å². The number of nitrogens with one attached hydrogen (secondary N) is 1. The number of rotatable bonds is 17. The molecule has 0 aromatic rings. The van der Waals surface area contributed by atoms with Crippen molar-refractivity contribution in [1.29, 1.82) is 0 Å². The molecule has 25 heavy (non-hydrogen) atoms. The van der Waals surface area contributed by atoms with Crippen molar-refractivity contribution in [1.82, 2.24) is 10.2 Å². The van der Waals surface area contributed by atoms with Crippen molar-refractivity contribution in [2.45, 2.75) is 71.1 Å². The van der Waals surface area contributed by atoms with Gasteiger partial charge in [0.2, 0.25) is 5.91 Å². The van der Waals surface area contributed by atoms with E-state index in [9.17, 15) is 9.59 Å². The number of nitrogens with zero attached hydrogens (tertiary/aromatic N) is 1. The van der Waals surface area contributed by atoms with Gasteiger partial charge >= 0.3 is 5.97 Å². The third-order valence-electron chi connectivity index (χ3n) is 4.03. The molecule has 3 N–H and O–H groups in total. The Bertz CT molecular complexity index is 330. The molecule has 0 bridgehead atoms. The average Bonchev–Trinajstić information content (AvgIpc) is 2.53. The monoisotopic (exact) mass is 383 g/mol. The molecule has 0 saturated heterocycles. The van der Waals surface area contributed by atoms with Crippen molar-refractivity contribution in [2.24, 2.45) is 0 Å². The number of hydrogen-bond donors (Lipinski definition) is 3. The molecule has 0 aliphatic rings. The minimum absolute atomic E-state index is 0. The Hall–Kier alpha value is 0.496. The van der Waals surface area contributed by atoms with Crippen molar-refractivity contribution in [2.75, 3.05) is 32.8 Å². The number of aliphatic hydroxyl groups is 1. The van der Waals surface area contributed by atoms with Crippen LogP contribution in [-0.2, 0) is 9.59 Å². The molecule has 0 aliphatic heterocycles. The molecule has 0 unspecified atom stereocenters. The Morgan fingerprint density at radius 3 is 2.00 bits per heavy atom. The number of carboxylic acid groups (broad SMARTS) is 1. The van der Waals surface area contributed by atoms with E-state index in [1.165, 1.54) is 44.9 Å². The van der Waals surface area contributed by atoms with E-state index in [2.05, 4.69) is 12.2 Å². The summed E-state index contributed by atoms with van der Waals surface area (Å²) < 4.78 is 0. The van der Waals surface area contributed by atoms with Gasteiger partial charge in [-0.3, -0.25) is 14.5 Å². The molecular weight excluding hydrogens is 347 g/mol. The fourth-order valence-electron chi connectivity index (χ4n) is 2.64. The summed E-state index contributed by atoms with van der Waals surface area (Å²) in [6.45, 7) is 3.19. The van der Waals surface area contributed by atoms with Crippen LogP contribution >= 0.6 is 0 Å². The third-order valence-corrected chi connectivity index (χ3v) is 4.03. The maximum atomic E-state index is 11.7. The molecule has 0 saturated carbocycles. The number of carbonyl (C=O) groups is 2. The Balaban J connectivity index is 0. The van der Waals surface area contributed by atoms with Crippen LogP contribution in [0.15, 0.2) is 0 Å². The molecule has 0 heterocycles. The van der Waals surface area contributed by atoms with E-state index >= 15 is 0 Å². The molecule has 0 spiro atoms. The fourth-order valence-corrected chi connectivity index (χ4v) is 2.64. The second-order valence-electron chi connectivity index (χ2n) is 6.32. The number of carbonyl (C=O) groups excluding carboxylic acids is 1. The largest absolute Gasteiger partial charge is 0.480 e. The molecule has 1 radical (unpaired) electrons. The van der Waals surface area contributed by atoms with Gasteiger partial charge in [-0.15, -0.1) is 0 Å². The smallest absolute Gasteiger partial charge is 0.317 e. The molecule has 0 rings (SSSR count). The molecule has 0 fully saturated rings. The van der Waals surface area contributed by atoms with E-state index in [1.54, 1.807) is 4.90 Å². The number of aliphatic hydroxyl groups excluding tert-OH is 1. The van der Waals surface area contributed by atoms with Crippen LogP contribution in [0.25, 0.3) is 0 Å². The van der Waals surface area contributed by atoms with Crippen LogP contribution in [0.5, 0.6) is 0 Å². The topological polar surface area (TPSA) is 89.9 Å². The number of carboxylic acids is 1. The molecule has 6 nitrogen and oxygen atoms in total. The summed E-state index contributed by atoms with van der Waals surface area (Å²) in [5.41, 5.74) is 0. The summed E-state index contributed by atoms with van der Waals surface area (Å²) in [7, 11) is 0. The molecule has 0 atom stereocenters. The summed E-state index contributed by atoms with van der Waals surface area (Å²) in [6, 6.07) is 0. The van der Waals surface area contributed by atoms with Crippen molar-refractivity contribution in [3.63, 3.8) is 0 Å². The Morgan fingerprint density at radius 1 is 0.920 bits per heavy atom. The minimum Gasteiger partial charge on any atom is -0.480 e. The normalized spacial score (nSPS) is 10.5. The molecular formula is C18H36KN2O4. The van der Waals surface area contributed by atoms with Crippen molar-refractivity contribution in [3.05, 3.63) is 0 Å². The van der Waals surface area contributed by atoms with Gasteiger partial charge < -0.3 is 15.5 Å². The van der Waals surface area contributed by atoms with Crippen LogP contribution < -0.4 is 5.32 Å². The van der Waals surface area contributed by atoms with E-state index < -0.39 is 5.97 Å². The maximum absolute atomic E-state index is 11.7. The predicted octanol–water partition coefficient (Wildman–Crippen LogP) is 2.02. The summed E-state index contributed by atoms with van der Waals surface area (Å²) in [5, 5.41) is 20.5. The van der Waals surface area contributed by atoms with Gasteiger partial charge in [-0.25, -0.2) is 0 Å². The van der Waals surface area contributed by atoms with Gasteiger partial charge in [0.05, 0.1) is 13.2 Å². The van der Waals surface area contributed by atoms with Crippen LogP contribution in [0, 0.1) is 0 Å². The molecule has 7 heteroatoms. The first kappa shape index (κ1) is 27.7. The van der Waals surface area contributed by atoms with E-state index in [4.69, 9.17) is 10.2 Å². The van der Waals surface area contributed by atoms with Crippen molar-refractivity contribution < 1.29 is 19.8 Å². The molecule has 0 aliphatic carbocycles. The predicted molar refractivity (Wildman–Crippen MR) is 102 cm³/mol. The van der Waals surface area contributed by atoms with E-state index in [-0.39, 0.29) is 70.4 Å². The minimum atomic E-state index is -0.926. The second kappa shape index (κ2) is 20.8. The second-order valence-corrected chi connectivity index (χ2v) is 6.32. The van der Waals surface area contributed by atoms with Gasteiger partial charge in [-0.05, 0) is 6.42 Å². The molecule has 0 aromatic heterocycles. The van der Waals surface area contributed by atoms with Crippen LogP contribution in [0.2, 0.25) is 0 Å². The maximum Gasteiger partial charge on any atom is 0.317 e. The third kappa shape index (κ3) is 20.7. The van der Waals surface area contributed by atoms with Crippen LogP contribution in [-0.4, -0.2) is 111 Å². The zero-order valence-corrected chi connectivity index (χ0v) is 19.4. The van der Waals surface area contributed by atoms with Gasteiger partial charge in [-0.2, -0.15) is 0 Å². The Morgan fingerprint density at radius 2 is 1.48 bits per heavy atom. The fraction of sp³-hybridized carbons (Fsp3) is 0.889. The number of amides is 1. The first-order valence-corrected chi connectivity index (χ1v) is 9.41. The van der Waals surface area contributed by atoms with E-state index in [0.29, 0.717) is 26.1 Å². The molecule has 0 aromatic carbocycles. The van der Waals surface area contributed by atoms with Crippen molar-refractivity contribution in [3.8, 4) is 0 Å².